The number of hydrogen-bond acceptors (Lipinski definition) is 5. The van der Waals surface area contributed by atoms with Gasteiger partial charge < -0.3 is 10.1 Å². The minimum atomic E-state index is -0.405. The van der Waals surface area contributed by atoms with E-state index < -0.39 is 5.60 Å². The first kappa shape index (κ1) is 18.3. The molecular formula is C21H30N4O2. The minimum Gasteiger partial charge on any atom is -0.460 e. The first-order valence-electron chi connectivity index (χ1n) is 10.2. The summed E-state index contributed by atoms with van der Waals surface area (Å²) in [6.07, 6.45) is 9.36. The van der Waals surface area contributed by atoms with Gasteiger partial charge in [-0.3, -0.25) is 4.79 Å². The Morgan fingerprint density at radius 3 is 2.74 bits per heavy atom. The maximum absolute atomic E-state index is 12.0. The molecule has 6 nitrogen and oxygen atoms in total. The molecule has 27 heavy (non-hydrogen) atoms. The Balaban J connectivity index is 1.38. The second-order valence-electron chi connectivity index (χ2n) is 9.12. The van der Waals surface area contributed by atoms with Gasteiger partial charge in [-0.25, -0.2) is 4.98 Å². The normalized spacial score (nSPS) is 23.4. The molecule has 0 bridgehead atoms. The van der Waals surface area contributed by atoms with Gasteiger partial charge in [0.25, 0.3) is 0 Å². The van der Waals surface area contributed by atoms with Crippen LogP contribution in [0.2, 0.25) is 0 Å². The fourth-order valence-electron chi connectivity index (χ4n) is 4.31. The van der Waals surface area contributed by atoms with Gasteiger partial charge in [-0.2, -0.15) is 9.61 Å². The molecular weight excluding hydrogens is 340 g/mol. The number of carbonyl (C=O) groups is 1. The van der Waals surface area contributed by atoms with E-state index in [9.17, 15) is 4.79 Å². The third-order valence-electron chi connectivity index (χ3n) is 5.62. The molecule has 2 fully saturated rings. The molecule has 6 heteroatoms. The third kappa shape index (κ3) is 4.25. The molecule has 0 spiro atoms. The highest BCUT2D eigenvalue weighted by Crippen LogP contribution is 2.36. The number of aromatic nitrogens is 3. The fraction of sp³-hybridized carbons (Fsp3) is 0.667. The predicted octanol–water partition coefficient (Wildman–Crippen LogP) is 4.31. The average Bonchev–Trinajstić information content (AvgIpc) is 3.22. The molecule has 2 aromatic rings. The number of rotatable bonds is 5. The lowest BCUT2D eigenvalue weighted by Gasteiger charge is -2.36. The van der Waals surface area contributed by atoms with E-state index in [4.69, 9.17) is 9.72 Å². The summed E-state index contributed by atoms with van der Waals surface area (Å²) in [5.74, 6) is 1.91. The van der Waals surface area contributed by atoms with Crippen molar-refractivity contribution in [2.75, 3.05) is 5.32 Å². The highest BCUT2D eigenvalue weighted by Gasteiger charge is 2.33. The largest absolute Gasteiger partial charge is 0.460 e. The van der Waals surface area contributed by atoms with Gasteiger partial charge in [0.05, 0.1) is 6.20 Å². The summed E-state index contributed by atoms with van der Waals surface area (Å²) >= 11 is 0. The molecule has 4 rings (SSSR count). The second kappa shape index (κ2) is 7.13. The number of ether oxygens (including phenoxy) is 1. The standard InChI is InChI=1S/C21H30N4O2/c1-21(2,3)27-20(26)12-14-10-16(11-14)23-19-13-17(15-6-4-5-7-15)24-18-8-9-22-25(18)19/h8-9,13-16,23H,4-7,10-12H2,1-3H3. The van der Waals surface area contributed by atoms with Crippen LogP contribution in [0.4, 0.5) is 5.82 Å². The number of anilines is 1. The van der Waals surface area contributed by atoms with Crippen molar-refractivity contribution in [3.63, 3.8) is 0 Å². The Kier molecular flexibility index (Phi) is 4.82. The molecule has 2 aromatic heterocycles. The number of fused-ring (bicyclic) bond motifs is 1. The molecule has 2 saturated carbocycles. The summed E-state index contributed by atoms with van der Waals surface area (Å²) in [4.78, 5) is 16.8. The van der Waals surface area contributed by atoms with Crippen LogP contribution in [0.3, 0.4) is 0 Å². The van der Waals surface area contributed by atoms with E-state index in [0.29, 0.717) is 24.3 Å². The minimum absolute atomic E-state index is 0.0900. The Morgan fingerprint density at radius 2 is 2.04 bits per heavy atom. The van der Waals surface area contributed by atoms with Crippen LogP contribution in [0.1, 0.15) is 77.3 Å². The van der Waals surface area contributed by atoms with Gasteiger partial charge in [0.2, 0.25) is 0 Å². The molecule has 1 N–H and O–H groups in total. The molecule has 0 radical (unpaired) electrons. The summed E-state index contributed by atoms with van der Waals surface area (Å²) in [6.45, 7) is 5.74. The first-order chi connectivity index (χ1) is 12.9. The van der Waals surface area contributed by atoms with E-state index in [1.54, 1.807) is 6.20 Å². The van der Waals surface area contributed by atoms with Gasteiger partial charge in [0.15, 0.2) is 5.65 Å². The summed E-state index contributed by atoms with van der Waals surface area (Å²) < 4.78 is 7.32. The molecule has 2 heterocycles. The van der Waals surface area contributed by atoms with Crippen LogP contribution in [-0.4, -0.2) is 32.2 Å². The smallest absolute Gasteiger partial charge is 0.306 e. The van der Waals surface area contributed by atoms with E-state index in [-0.39, 0.29) is 5.97 Å². The number of nitrogens with zero attached hydrogens (tertiary/aromatic N) is 3. The maximum atomic E-state index is 12.0. The highest BCUT2D eigenvalue weighted by molar-refractivity contribution is 5.70. The van der Waals surface area contributed by atoms with Gasteiger partial charge in [-0.05, 0) is 52.4 Å². The Morgan fingerprint density at radius 1 is 1.30 bits per heavy atom. The maximum Gasteiger partial charge on any atom is 0.306 e. The average molecular weight is 370 g/mol. The van der Waals surface area contributed by atoms with Crippen LogP contribution in [0.25, 0.3) is 5.65 Å². The predicted molar refractivity (Wildman–Crippen MR) is 105 cm³/mol. The highest BCUT2D eigenvalue weighted by atomic mass is 16.6. The molecule has 0 atom stereocenters. The van der Waals surface area contributed by atoms with E-state index in [2.05, 4.69) is 16.5 Å². The van der Waals surface area contributed by atoms with E-state index in [1.807, 2.05) is 31.4 Å². The van der Waals surface area contributed by atoms with Gasteiger partial charge in [-0.15, -0.1) is 0 Å². The van der Waals surface area contributed by atoms with Crippen LogP contribution in [0, 0.1) is 5.92 Å². The Hall–Kier alpha value is -2.11. The molecule has 2 aliphatic carbocycles. The fourth-order valence-corrected chi connectivity index (χ4v) is 4.31. The molecule has 0 saturated heterocycles. The monoisotopic (exact) mass is 370 g/mol. The molecule has 146 valence electrons. The zero-order chi connectivity index (χ0) is 19.0. The number of carbonyl (C=O) groups excluding carboxylic acids is 1. The third-order valence-corrected chi connectivity index (χ3v) is 5.62. The summed E-state index contributed by atoms with van der Waals surface area (Å²) in [5.41, 5.74) is 1.69. The van der Waals surface area contributed by atoms with E-state index >= 15 is 0 Å². The van der Waals surface area contributed by atoms with Gasteiger partial charge in [-0.1, -0.05) is 12.8 Å². The lowest BCUT2D eigenvalue weighted by molar-refractivity contribution is -0.156. The lowest BCUT2D eigenvalue weighted by atomic mass is 9.78. The topological polar surface area (TPSA) is 68.5 Å². The SMILES string of the molecule is CC(C)(C)OC(=O)CC1CC(Nc2cc(C3CCCC3)nc3ccnn23)C1. The van der Waals surface area contributed by atoms with Crippen molar-refractivity contribution < 1.29 is 9.53 Å². The van der Waals surface area contributed by atoms with Crippen molar-refractivity contribution in [1.82, 2.24) is 14.6 Å². The van der Waals surface area contributed by atoms with Crippen molar-refractivity contribution in [2.24, 2.45) is 5.92 Å². The first-order valence-corrected chi connectivity index (χ1v) is 10.2. The summed E-state index contributed by atoms with van der Waals surface area (Å²) in [5, 5.41) is 8.05. The van der Waals surface area contributed by atoms with Crippen molar-refractivity contribution in [3.8, 4) is 0 Å². The molecule has 2 aliphatic rings. The number of hydrogen-bond donors (Lipinski definition) is 1. The van der Waals surface area contributed by atoms with Crippen LogP contribution >= 0.6 is 0 Å². The van der Waals surface area contributed by atoms with Gasteiger partial charge in [0.1, 0.15) is 11.4 Å². The molecule has 0 aliphatic heterocycles. The van der Waals surface area contributed by atoms with Crippen LogP contribution in [0.5, 0.6) is 0 Å². The van der Waals surface area contributed by atoms with E-state index in [1.165, 1.54) is 31.4 Å². The summed E-state index contributed by atoms with van der Waals surface area (Å²) in [7, 11) is 0. The zero-order valence-electron chi connectivity index (χ0n) is 16.6. The molecule has 0 unspecified atom stereocenters. The quantitative estimate of drug-likeness (QED) is 0.794. The van der Waals surface area contributed by atoms with Gasteiger partial charge >= 0.3 is 5.97 Å². The van der Waals surface area contributed by atoms with Crippen molar-refractivity contribution in [1.29, 1.82) is 0 Å². The van der Waals surface area contributed by atoms with E-state index in [0.717, 1.165) is 24.3 Å². The van der Waals surface area contributed by atoms with Crippen LogP contribution < -0.4 is 5.32 Å². The number of esters is 1. The molecule has 0 aromatic carbocycles. The second-order valence-corrected chi connectivity index (χ2v) is 9.12. The zero-order valence-corrected chi connectivity index (χ0v) is 16.6. The van der Waals surface area contributed by atoms with Gasteiger partial charge in [0, 0.05) is 36.2 Å². The van der Waals surface area contributed by atoms with Crippen molar-refractivity contribution >= 4 is 17.4 Å². The summed E-state index contributed by atoms with van der Waals surface area (Å²) in [6, 6.07) is 4.52. The van der Waals surface area contributed by atoms with Crippen LogP contribution in [0.15, 0.2) is 18.3 Å². The van der Waals surface area contributed by atoms with Crippen molar-refractivity contribution in [2.45, 2.75) is 83.3 Å². The number of nitrogens with one attached hydrogen (secondary N) is 1. The Bertz CT molecular complexity index is 811. The molecule has 0 amide bonds. The van der Waals surface area contributed by atoms with Crippen LogP contribution in [-0.2, 0) is 9.53 Å². The lowest BCUT2D eigenvalue weighted by Crippen LogP contribution is -2.38. The Labute approximate surface area is 160 Å². The van der Waals surface area contributed by atoms with Crippen molar-refractivity contribution in [3.05, 3.63) is 24.0 Å².